The maximum Gasteiger partial charge on any atom is 0.191 e. The van der Waals surface area contributed by atoms with Gasteiger partial charge in [0.05, 0.1) is 14.2 Å². The lowest BCUT2D eigenvalue weighted by atomic mass is 10.0. The zero-order valence-corrected chi connectivity index (χ0v) is 18.0. The van der Waals surface area contributed by atoms with Gasteiger partial charge in [-0.15, -0.1) is 24.0 Å². The number of nitrogens with one attached hydrogen (secondary N) is 2. The maximum atomic E-state index is 5.34. The van der Waals surface area contributed by atoms with E-state index in [2.05, 4.69) is 15.6 Å². The van der Waals surface area contributed by atoms with Gasteiger partial charge in [0.15, 0.2) is 17.5 Å². The van der Waals surface area contributed by atoms with E-state index in [-0.39, 0.29) is 24.0 Å². The van der Waals surface area contributed by atoms with Crippen molar-refractivity contribution in [3.05, 3.63) is 23.8 Å². The first-order valence-corrected chi connectivity index (χ1v) is 8.92. The number of hydrogen-bond acceptors (Lipinski definition) is 3. The summed E-state index contributed by atoms with van der Waals surface area (Å²) in [4.78, 5) is 4.29. The average molecular weight is 461 g/mol. The van der Waals surface area contributed by atoms with Crippen LogP contribution in [0.3, 0.4) is 0 Å². The summed E-state index contributed by atoms with van der Waals surface area (Å²) in [6.07, 6.45) is 8.24. The van der Waals surface area contributed by atoms with Crippen LogP contribution in [0.2, 0.25) is 0 Å². The highest BCUT2D eigenvalue weighted by Gasteiger charge is 2.14. The van der Waals surface area contributed by atoms with E-state index < -0.39 is 0 Å². The lowest BCUT2D eigenvalue weighted by molar-refractivity contribution is 0.354. The van der Waals surface area contributed by atoms with E-state index in [1.165, 1.54) is 38.5 Å². The van der Waals surface area contributed by atoms with Crippen molar-refractivity contribution in [1.82, 2.24) is 10.6 Å². The molecule has 2 N–H and O–H groups in total. The molecule has 2 rings (SSSR count). The molecule has 0 atom stereocenters. The first-order valence-electron chi connectivity index (χ1n) is 8.92. The molecule has 1 aromatic rings. The van der Waals surface area contributed by atoms with Gasteiger partial charge in [-0.25, -0.2) is 0 Å². The Kier molecular flexibility index (Phi) is 10.7. The number of guanidine groups is 1. The van der Waals surface area contributed by atoms with Gasteiger partial charge in [-0.1, -0.05) is 31.7 Å². The Morgan fingerprint density at radius 1 is 1.12 bits per heavy atom. The Hall–Kier alpha value is -1.18. The first-order chi connectivity index (χ1) is 11.8. The molecule has 0 heterocycles. The Morgan fingerprint density at radius 3 is 2.48 bits per heavy atom. The quantitative estimate of drug-likeness (QED) is 0.267. The van der Waals surface area contributed by atoms with Crippen molar-refractivity contribution < 1.29 is 9.47 Å². The monoisotopic (exact) mass is 461 g/mol. The zero-order chi connectivity index (χ0) is 17.2. The molecule has 6 heteroatoms. The maximum absolute atomic E-state index is 5.34. The highest BCUT2D eigenvalue weighted by atomic mass is 127. The molecule has 0 saturated heterocycles. The van der Waals surface area contributed by atoms with Crippen molar-refractivity contribution in [3.8, 4) is 11.5 Å². The smallest absolute Gasteiger partial charge is 0.191 e. The van der Waals surface area contributed by atoms with Crippen molar-refractivity contribution in [3.63, 3.8) is 0 Å². The van der Waals surface area contributed by atoms with Gasteiger partial charge in [0.1, 0.15) is 0 Å². The topological polar surface area (TPSA) is 54.9 Å². The number of halogens is 1. The standard InChI is InChI=1S/C19H31N3O2.HI/c1-20-19(21-12-6-9-15-7-4-5-8-15)22-14-16-10-11-17(23-2)18(13-16)24-3;/h10-11,13,15H,4-9,12,14H2,1-3H3,(H2,20,21,22);1H. The Bertz CT molecular complexity index is 531. The summed E-state index contributed by atoms with van der Waals surface area (Å²) < 4.78 is 10.6. The van der Waals surface area contributed by atoms with Crippen LogP contribution in [0, 0.1) is 5.92 Å². The third-order valence-electron chi connectivity index (χ3n) is 4.69. The fourth-order valence-electron chi connectivity index (χ4n) is 3.29. The summed E-state index contributed by atoms with van der Waals surface area (Å²) in [5, 5.41) is 6.74. The van der Waals surface area contributed by atoms with E-state index in [0.717, 1.165) is 35.5 Å². The number of ether oxygens (including phenoxy) is 2. The molecule has 1 aromatic carbocycles. The van der Waals surface area contributed by atoms with Crippen molar-refractivity contribution >= 4 is 29.9 Å². The third kappa shape index (κ3) is 7.30. The van der Waals surface area contributed by atoms with E-state index in [4.69, 9.17) is 9.47 Å². The van der Waals surface area contributed by atoms with Crippen LogP contribution in [0.5, 0.6) is 11.5 Å². The Morgan fingerprint density at radius 2 is 1.84 bits per heavy atom. The average Bonchev–Trinajstić information content (AvgIpc) is 3.14. The van der Waals surface area contributed by atoms with Gasteiger partial charge < -0.3 is 20.1 Å². The minimum Gasteiger partial charge on any atom is -0.493 e. The summed E-state index contributed by atoms with van der Waals surface area (Å²) in [7, 11) is 5.11. The van der Waals surface area contributed by atoms with Crippen molar-refractivity contribution in [1.29, 1.82) is 0 Å². The molecule has 0 radical (unpaired) electrons. The van der Waals surface area contributed by atoms with Crippen LogP contribution in [-0.4, -0.2) is 33.8 Å². The van der Waals surface area contributed by atoms with Crippen LogP contribution in [0.4, 0.5) is 0 Å². The fourth-order valence-corrected chi connectivity index (χ4v) is 3.29. The SMILES string of the molecule is CN=C(NCCCC1CCCC1)NCc1ccc(OC)c(OC)c1.I. The predicted octanol–water partition coefficient (Wildman–Crippen LogP) is 3.96. The van der Waals surface area contributed by atoms with Crippen LogP contribution in [0.1, 0.15) is 44.1 Å². The number of hydrogen-bond donors (Lipinski definition) is 2. The van der Waals surface area contributed by atoms with Gasteiger partial charge in [0, 0.05) is 20.1 Å². The Balaban J connectivity index is 0.00000312. The largest absolute Gasteiger partial charge is 0.493 e. The van der Waals surface area contributed by atoms with E-state index in [1.54, 1.807) is 21.3 Å². The Labute approximate surface area is 169 Å². The van der Waals surface area contributed by atoms with Crippen LogP contribution < -0.4 is 20.1 Å². The summed E-state index contributed by atoms with van der Waals surface area (Å²) in [6.45, 7) is 1.67. The lowest BCUT2D eigenvalue weighted by Crippen LogP contribution is -2.37. The summed E-state index contributed by atoms with van der Waals surface area (Å²) >= 11 is 0. The second-order valence-corrected chi connectivity index (χ2v) is 6.33. The van der Waals surface area contributed by atoms with Crippen LogP contribution in [0.15, 0.2) is 23.2 Å². The number of aliphatic imine (C=N–C) groups is 1. The molecule has 1 fully saturated rings. The van der Waals surface area contributed by atoms with Gasteiger partial charge >= 0.3 is 0 Å². The minimum absolute atomic E-state index is 0. The highest BCUT2D eigenvalue weighted by molar-refractivity contribution is 14.0. The number of methoxy groups -OCH3 is 2. The van der Waals surface area contributed by atoms with E-state index in [1.807, 2.05) is 18.2 Å². The number of benzene rings is 1. The molecule has 25 heavy (non-hydrogen) atoms. The van der Waals surface area contributed by atoms with Crippen LogP contribution in [-0.2, 0) is 6.54 Å². The summed E-state index contributed by atoms with van der Waals surface area (Å²) in [5.41, 5.74) is 1.13. The number of nitrogens with zero attached hydrogens (tertiary/aromatic N) is 1. The fraction of sp³-hybridized carbons (Fsp3) is 0.632. The van der Waals surface area contributed by atoms with Crippen molar-refractivity contribution in [2.24, 2.45) is 10.9 Å². The molecule has 1 aliphatic rings. The summed E-state index contributed by atoms with van der Waals surface area (Å²) in [6, 6.07) is 5.94. The lowest BCUT2D eigenvalue weighted by Gasteiger charge is -2.14. The highest BCUT2D eigenvalue weighted by Crippen LogP contribution is 2.28. The predicted molar refractivity (Wildman–Crippen MR) is 114 cm³/mol. The molecule has 5 nitrogen and oxygen atoms in total. The van der Waals surface area contributed by atoms with Gasteiger partial charge in [0.25, 0.3) is 0 Å². The van der Waals surface area contributed by atoms with Crippen LogP contribution >= 0.6 is 24.0 Å². The van der Waals surface area contributed by atoms with Gasteiger partial charge in [-0.05, 0) is 36.5 Å². The molecule has 1 aliphatic carbocycles. The second-order valence-electron chi connectivity index (χ2n) is 6.33. The minimum atomic E-state index is 0. The van der Waals surface area contributed by atoms with E-state index >= 15 is 0 Å². The van der Waals surface area contributed by atoms with Crippen molar-refractivity contribution in [2.75, 3.05) is 27.8 Å². The molecule has 0 aliphatic heterocycles. The second kappa shape index (κ2) is 12.2. The van der Waals surface area contributed by atoms with Crippen LogP contribution in [0.25, 0.3) is 0 Å². The number of rotatable bonds is 8. The molecule has 0 amide bonds. The molecular formula is C19H32IN3O2. The molecule has 1 saturated carbocycles. The third-order valence-corrected chi connectivity index (χ3v) is 4.69. The molecule has 142 valence electrons. The molecule has 0 unspecified atom stereocenters. The zero-order valence-electron chi connectivity index (χ0n) is 15.6. The van der Waals surface area contributed by atoms with E-state index in [9.17, 15) is 0 Å². The van der Waals surface area contributed by atoms with Gasteiger partial charge in [0.2, 0.25) is 0 Å². The normalized spacial score (nSPS) is 14.8. The summed E-state index contributed by atoms with van der Waals surface area (Å²) in [5.74, 6) is 3.29. The molecule has 0 spiro atoms. The van der Waals surface area contributed by atoms with Gasteiger partial charge in [-0.2, -0.15) is 0 Å². The first kappa shape index (κ1) is 21.9. The van der Waals surface area contributed by atoms with Gasteiger partial charge in [-0.3, -0.25) is 4.99 Å². The molecular weight excluding hydrogens is 429 g/mol. The van der Waals surface area contributed by atoms with E-state index in [0.29, 0.717) is 6.54 Å². The molecule has 0 bridgehead atoms. The van der Waals surface area contributed by atoms with Crippen molar-refractivity contribution in [2.45, 2.75) is 45.1 Å². The molecule has 0 aromatic heterocycles.